The molecular formula is C19H22N2. The number of hydrogen-bond donors (Lipinski definition) is 0. The zero-order valence-electron chi connectivity index (χ0n) is 13.2. The van der Waals surface area contributed by atoms with Gasteiger partial charge < -0.3 is 4.90 Å². The summed E-state index contributed by atoms with van der Waals surface area (Å²) in [6.07, 6.45) is 0.769. The molecular weight excluding hydrogens is 256 g/mol. The van der Waals surface area contributed by atoms with E-state index in [0.717, 1.165) is 17.7 Å². The number of nitrogens with zero attached hydrogens (tertiary/aromatic N) is 2. The Kier molecular flexibility index (Phi) is 4.65. The fourth-order valence-corrected chi connectivity index (χ4v) is 2.48. The maximum Gasteiger partial charge on any atom is 0.0753 e. The van der Waals surface area contributed by atoms with Crippen molar-refractivity contribution >= 4 is 5.69 Å². The Morgan fingerprint density at radius 3 is 2.29 bits per heavy atom. The summed E-state index contributed by atoms with van der Waals surface area (Å²) in [4.78, 5) is 2.07. The van der Waals surface area contributed by atoms with Crippen LogP contribution in [-0.2, 0) is 6.42 Å². The summed E-state index contributed by atoms with van der Waals surface area (Å²) in [6, 6.07) is 17.2. The van der Waals surface area contributed by atoms with E-state index in [2.05, 4.69) is 67.3 Å². The van der Waals surface area contributed by atoms with Gasteiger partial charge in [0, 0.05) is 19.8 Å². The lowest BCUT2D eigenvalue weighted by atomic mass is 9.90. The Labute approximate surface area is 127 Å². The van der Waals surface area contributed by atoms with Gasteiger partial charge in [-0.05, 0) is 49.1 Å². The quantitative estimate of drug-likeness (QED) is 0.837. The summed E-state index contributed by atoms with van der Waals surface area (Å²) in [5.74, 6) is -0.0956. The van der Waals surface area contributed by atoms with Gasteiger partial charge in [-0.1, -0.05) is 35.9 Å². The average molecular weight is 278 g/mol. The Bertz CT molecular complexity index is 648. The fourth-order valence-electron chi connectivity index (χ4n) is 2.48. The standard InChI is InChI=1S/C19H22N2/c1-14-5-6-15(2)17(11-14)12-18(13-20)16-7-9-19(10-8-16)21(3)4/h5-11,18H,12H2,1-4H3. The van der Waals surface area contributed by atoms with Gasteiger partial charge in [0.2, 0.25) is 0 Å². The molecule has 2 aromatic rings. The average Bonchev–Trinajstić information content (AvgIpc) is 2.48. The molecule has 0 aliphatic heterocycles. The molecule has 2 rings (SSSR count). The van der Waals surface area contributed by atoms with Crippen LogP contribution in [0.2, 0.25) is 0 Å². The van der Waals surface area contributed by atoms with E-state index < -0.39 is 0 Å². The van der Waals surface area contributed by atoms with Crippen molar-refractivity contribution < 1.29 is 0 Å². The Morgan fingerprint density at radius 2 is 1.71 bits per heavy atom. The van der Waals surface area contributed by atoms with Crippen LogP contribution < -0.4 is 4.90 Å². The molecule has 0 saturated heterocycles. The summed E-state index contributed by atoms with van der Waals surface area (Å²) in [7, 11) is 4.04. The van der Waals surface area contributed by atoms with Gasteiger partial charge in [-0.15, -0.1) is 0 Å². The number of anilines is 1. The lowest BCUT2D eigenvalue weighted by Crippen LogP contribution is -2.09. The molecule has 0 heterocycles. The van der Waals surface area contributed by atoms with E-state index in [1.165, 1.54) is 16.7 Å². The second kappa shape index (κ2) is 6.45. The molecule has 1 atom stereocenters. The molecule has 0 spiro atoms. The molecule has 2 aromatic carbocycles. The Balaban J connectivity index is 2.24. The normalized spacial score (nSPS) is 11.8. The first-order valence-electron chi connectivity index (χ1n) is 7.24. The number of rotatable bonds is 4. The highest BCUT2D eigenvalue weighted by atomic mass is 15.1. The second-order valence-electron chi connectivity index (χ2n) is 5.80. The summed E-state index contributed by atoms with van der Waals surface area (Å²) < 4.78 is 0. The molecule has 0 N–H and O–H groups in total. The lowest BCUT2D eigenvalue weighted by Gasteiger charge is -2.15. The van der Waals surface area contributed by atoms with Gasteiger partial charge >= 0.3 is 0 Å². The fraction of sp³-hybridized carbons (Fsp3) is 0.316. The first-order chi connectivity index (χ1) is 10.0. The van der Waals surface area contributed by atoms with E-state index in [4.69, 9.17) is 0 Å². The largest absolute Gasteiger partial charge is 0.378 e. The highest BCUT2D eigenvalue weighted by Crippen LogP contribution is 2.24. The SMILES string of the molecule is Cc1ccc(C)c(CC(C#N)c2ccc(N(C)C)cc2)c1. The van der Waals surface area contributed by atoms with Crippen LogP contribution >= 0.6 is 0 Å². The molecule has 0 aliphatic carbocycles. The van der Waals surface area contributed by atoms with Crippen molar-refractivity contribution in [1.82, 2.24) is 0 Å². The van der Waals surface area contributed by atoms with Crippen molar-refractivity contribution in [2.24, 2.45) is 0 Å². The zero-order valence-corrected chi connectivity index (χ0v) is 13.2. The topological polar surface area (TPSA) is 27.0 Å². The summed E-state index contributed by atoms with van der Waals surface area (Å²) in [6.45, 7) is 4.20. The van der Waals surface area contributed by atoms with Crippen molar-refractivity contribution in [3.8, 4) is 6.07 Å². The van der Waals surface area contributed by atoms with Crippen LogP contribution in [0.15, 0.2) is 42.5 Å². The Morgan fingerprint density at radius 1 is 1.05 bits per heavy atom. The molecule has 0 aliphatic rings. The number of aryl methyl sites for hydroxylation is 2. The minimum atomic E-state index is -0.0956. The molecule has 1 unspecified atom stereocenters. The molecule has 0 bridgehead atoms. The van der Waals surface area contributed by atoms with Gasteiger partial charge in [0.05, 0.1) is 12.0 Å². The second-order valence-corrected chi connectivity index (χ2v) is 5.80. The van der Waals surface area contributed by atoms with Gasteiger partial charge in [-0.25, -0.2) is 0 Å². The smallest absolute Gasteiger partial charge is 0.0753 e. The predicted octanol–water partition coefficient (Wildman–Crippen LogP) is 4.22. The minimum absolute atomic E-state index is 0.0956. The van der Waals surface area contributed by atoms with E-state index in [1.807, 2.05) is 14.1 Å². The number of hydrogen-bond acceptors (Lipinski definition) is 2. The third kappa shape index (κ3) is 3.64. The van der Waals surface area contributed by atoms with Crippen LogP contribution in [0.3, 0.4) is 0 Å². The zero-order chi connectivity index (χ0) is 15.4. The first kappa shape index (κ1) is 15.1. The molecule has 21 heavy (non-hydrogen) atoms. The van der Waals surface area contributed by atoms with Crippen molar-refractivity contribution in [2.45, 2.75) is 26.2 Å². The van der Waals surface area contributed by atoms with Crippen molar-refractivity contribution in [3.05, 3.63) is 64.7 Å². The van der Waals surface area contributed by atoms with Crippen LogP contribution in [-0.4, -0.2) is 14.1 Å². The molecule has 0 saturated carbocycles. The van der Waals surface area contributed by atoms with Crippen LogP contribution in [0.25, 0.3) is 0 Å². The highest BCUT2D eigenvalue weighted by Gasteiger charge is 2.13. The molecule has 2 nitrogen and oxygen atoms in total. The molecule has 0 fully saturated rings. The molecule has 0 amide bonds. The maximum atomic E-state index is 9.52. The van der Waals surface area contributed by atoms with Crippen LogP contribution in [0, 0.1) is 25.2 Å². The van der Waals surface area contributed by atoms with Crippen molar-refractivity contribution in [2.75, 3.05) is 19.0 Å². The maximum absolute atomic E-state index is 9.52. The first-order valence-corrected chi connectivity index (χ1v) is 7.24. The van der Waals surface area contributed by atoms with Crippen molar-refractivity contribution in [1.29, 1.82) is 5.26 Å². The third-order valence-corrected chi connectivity index (χ3v) is 3.90. The monoisotopic (exact) mass is 278 g/mol. The number of benzene rings is 2. The van der Waals surface area contributed by atoms with Gasteiger partial charge in [0.15, 0.2) is 0 Å². The summed E-state index contributed by atoms with van der Waals surface area (Å²) >= 11 is 0. The van der Waals surface area contributed by atoms with Crippen LogP contribution in [0.1, 0.15) is 28.2 Å². The van der Waals surface area contributed by atoms with E-state index in [0.29, 0.717) is 0 Å². The molecule has 108 valence electrons. The van der Waals surface area contributed by atoms with Gasteiger partial charge in [-0.3, -0.25) is 0 Å². The van der Waals surface area contributed by atoms with E-state index in [1.54, 1.807) is 0 Å². The van der Waals surface area contributed by atoms with E-state index in [9.17, 15) is 5.26 Å². The van der Waals surface area contributed by atoms with Gasteiger partial charge in [-0.2, -0.15) is 5.26 Å². The highest BCUT2D eigenvalue weighted by molar-refractivity contribution is 5.47. The molecule has 0 radical (unpaired) electrons. The summed E-state index contributed by atoms with van der Waals surface area (Å²) in [5, 5.41) is 9.52. The number of nitriles is 1. The van der Waals surface area contributed by atoms with Crippen molar-refractivity contribution in [3.63, 3.8) is 0 Å². The summed E-state index contributed by atoms with van der Waals surface area (Å²) in [5.41, 5.74) is 6.01. The molecule has 0 aromatic heterocycles. The minimum Gasteiger partial charge on any atom is -0.378 e. The van der Waals surface area contributed by atoms with E-state index in [-0.39, 0.29) is 5.92 Å². The molecule has 2 heteroatoms. The predicted molar refractivity (Wildman–Crippen MR) is 88.7 cm³/mol. The lowest BCUT2D eigenvalue weighted by molar-refractivity contribution is 0.841. The van der Waals surface area contributed by atoms with Gasteiger partial charge in [0.25, 0.3) is 0 Å². The van der Waals surface area contributed by atoms with E-state index >= 15 is 0 Å². The van der Waals surface area contributed by atoms with Crippen LogP contribution in [0.5, 0.6) is 0 Å². The Hall–Kier alpha value is -2.27. The van der Waals surface area contributed by atoms with Crippen LogP contribution in [0.4, 0.5) is 5.69 Å². The van der Waals surface area contributed by atoms with Gasteiger partial charge in [0.1, 0.15) is 0 Å². The third-order valence-electron chi connectivity index (χ3n) is 3.90.